The second-order valence-corrected chi connectivity index (χ2v) is 5.17. The summed E-state index contributed by atoms with van der Waals surface area (Å²) in [5, 5.41) is 5.53. The molecule has 1 aromatic rings. The third-order valence-corrected chi connectivity index (χ3v) is 3.15. The van der Waals surface area contributed by atoms with Crippen molar-refractivity contribution in [3.05, 3.63) is 21.9 Å². The fourth-order valence-corrected chi connectivity index (χ4v) is 2.13. The van der Waals surface area contributed by atoms with E-state index in [1.807, 2.05) is 11.3 Å². The van der Waals surface area contributed by atoms with Gasteiger partial charge >= 0.3 is 0 Å². The molecule has 1 rings (SSSR count). The molecule has 86 valence electrons. The molecule has 3 heteroatoms. The summed E-state index contributed by atoms with van der Waals surface area (Å²) >= 11 is 1.81. The topological polar surface area (TPSA) is 21.3 Å². The van der Waals surface area contributed by atoms with Crippen molar-refractivity contribution in [3.63, 3.8) is 0 Å². The lowest BCUT2D eigenvalue weighted by atomic mass is 10.2. The zero-order chi connectivity index (χ0) is 11.1. The van der Waals surface area contributed by atoms with Crippen molar-refractivity contribution in [2.45, 2.75) is 27.3 Å². The predicted octanol–water partition coefficient (Wildman–Crippen LogP) is 2.82. The molecule has 0 aromatic carbocycles. The van der Waals surface area contributed by atoms with Crippen LogP contribution in [0.1, 0.15) is 24.3 Å². The van der Waals surface area contributed by atoms with Crippen LogP contribution in [-0.2, 0) is 11.3 Å². The lowest BCUT2D eigenvalue weighted by molar-refractivity contribution is 0.111. The molecule has 0 aliphatic rings. The second-order valence-electron chi connectivity index (χ2n) is 4.17. The number of nitrogens with one attached hydrogen (secondary N) is 1. The summed E-state index contributed by atoms with van der Waals surface area (Å²) in [5.41, 5.74) is 1.38. The first-order valence-electron chi connectivity index (χ1n) is 5.51. The number of hydrogen-bond acceptors (Lipinski definition) is 3. The fraction of sp³-hybridized carbons (Fsp3) is 0.667. The monoisotopic (exact) mass is 227 g/mol. The zero-order valence-corrected chi connectivity index (χ0v) is 10.7. The highest BCUT2D eigenvalue weighted by Gasteiger charge is 1.98. The highest BCUT2D eigenvalue weighted by molar-refractivity contribution is 7.10. The molecule has 0 atom stereocenters. The van der Waals surface area contributed by atoms with Crippen LogP contribution in [0.15, 0.2) is 11.4 Å². The van der Waals surface area contributed by atoms with Gasteiger partial charge in [0.25, 0.3) is 0 Å². The summed E-state index contributed by atoms with van der Waals surface area (Å²) in [6.45, 7) is 10.1. The van der Waals surface area contributed by atoms with E-state index in [0.717, 1.165) is 26.3 Å². The van der Waals surface area contributed by atoms with Crippen LogP contribution in [0, 0.1) is 12.8 Å². The molecule has 0 amide bonds. The Balaban J connectivity index is 2.00. The van der Waals surface area contributed by atoms with Crippen LogP contribution in [0.2, 0.25) is 0 Å². The highest BCUT2D eigenvalue weighted by atomic mass is 32.1. The maximum atomic E-state index is 5.49. The van der Waals surface area contributed by atoms with E-state index in [9.17, 15) is 0 Å². The minimum Gasteiger partial charge on any atom is -0.380 e. The van der Waals surface area contributed by atoms with E-state index in [2.05, 4.69) is 37.5 Å². The molecular weight excluding hydrogens is 206 g/mol. The summed E-state index contributed by atoms with van der Waals surface area (Å²) in [4.78, 5) is 1.43. The number of rotatable bonds is 7. The van der Waals surface area contributed by atoms with Gasteiger partial charge in [-0.2, -0.15) is 0 Å². The zero-order valence-electron chi connectivity index (χ0n) is 9.88. The van der Waals surface area contributed by atoms with Gasteiger partial charge in [0.05, 0.1) is 6.61 Å². The van der Waals surface area contributed by atoms with Crippen molar-refractivity contribution in [1.82, 2.24) is 5.32 Å². The van der Waals surface area contributed by atoms with Gasteiger partial charge in [-0.1, -0.05) is 13.8 Å². The molecule has 0 bridgehead atoms. The lowest BCUT2D eigenvalue weighted by Crippen LogP contribution is -2.20. The molecule has 0 unspecified atom stereocenters. The van der Waals surface area contributed by atoms with Gasteiger partial charge in [-0.3, -0.25) is 0 Å². The van der Waals surface area contributed by atoms with Gasteiger partial charge in [-0.15, -0.1) is 11.3 Å². The van der Waals surface area contributed by atoms with E-state index in [1.165, 1.54) is 10.4 Å². The van der Waals surface area contributed by atoms with Crippen LogP contribution in [0.4, 0.5) is 0 Å². The summed E-state index contributed by atoms with van der Waals surface area (Å²) in [7, 11) is 0. The Morgan fingerprint density at radius 3 is 2.87 bits per heavy atom. The van der Waals surface area contributed by atoms with Gasteiger partial charge in [0, 0.05) is 24.6 Å². The second kappa shape index (κ2) is 6.99. The van der Waals surface area contributed by atoms with Crippen molar-refractivity contribution in [2.24, 2.45) is 5.92 Å². The van der Waals surface area contributed by atoms with Gasteiger partial charge in [0.1, 0.15) is 0 Å². The molecule has 0 saturated carbocycles. The van der Waals surface area contributed by atoms with Crippen molar-refractivity contribution in [1.29, 1.82) is 0 Å². The average Bonchev–Trinajstić information content (AvgIpc) is 2.57. The Morgan fingerprint density at radius 1 is 1.47 bits per heavy atom. The normalized spacial score (nSPS) is 11.2. The largest absolute Gasteiger partial charge is 0.380 e. The Kier molecular flexibility index (Phi) is 5.91. The van der Waals surface area contributed by atoms with E-state index >= 15 is 0 Å². The van der Waals surface area contributed by atoms with Gasteiger partial charge in [0.2, 0.25) is 0 Å². The van der Waals surface area contributed by atoms with Crippen LogP contribution in [-0.4, -0.2) is 19.8 Å². The van der Waals surface area contributed by atoms with Crippen molar-refractivity contribution in [2.75, 3.05) is 19.8 Å². The molecule has 1 heterocycles. The van der Waals surface area contributed by atoms with E-state index in [0.29, 0.717) is 5.92 Å². The first-order valence-corrected chi connectivity index (χ1v) is 6.39. The summed E-state index contributed by atoms with van der Waals surface area (Å²) < 4.78 is 5.49. The van der Waals surface area contributed by atoms with Crippen LogP contribution in [0.5, 0.6) is 0 Å². The molecule has 0 fully saturated rings. The summed E-state index contributed by atoms with van der Waals surface area (Å²) in [5.74, 6) is 0.629. The Bertz CT molecular complexity index is 270. The Morgan fingerprint density at radius 2 is 2.27 bits per heavy atom. The maximum Gasteiger partial charge on any atom is 0.0591 e. The standard InChI is InChI=1S/C12H21NOS/c1-10(2)9-14-6-5-13-8-12-11(3)4-7-15-12/h4,7,10,13H,5-6,8-9H2,1-3H3. The average molecular weight is 227 g/mol. The summed E-state index contributed by atoms with van der Waals surface area (Å²) in [6, 6.07) is 2.16. The molecule has 0 saturated heterocycles. The summed E-state index contributed by atoms with van der Waals surface area (Å²) in [6.07, 6.45) is 0. The first-order chi connectivity index (χ1) is 7.20. The number of hydrogen-bond donors (Lipinski definition) is 1. The molecule has 1 N–H and O–H groups in total. The van der Waals surface area contributed by atoms with E-state index < -0.39 is 0 Å². The molecule has 1 aromatic heterocycles. The Hall–Kier alpha value is -0.380. The van der Waals surface area contributed by atoms with Gasteiger partial charge in [-0.25, -0.2) is 0 Å². The van der Waals surface area contributed by atoms with E-state index in [4.69, 9.17) is 4.74 Å². The molecule has 0 radical (unpaired) electrons. The molecule has 15 heavy (non-hydrogen) atoms. The van der Waals surface area contributed by atoms with Gasteiger partial charge in [-0.05, 0) is 29.9 Å². The third-order valence-electron chi connectivity index (χ3n) is 2.13. The number of ether oxygens (including phenoxy) is 1. The molecule has 2 nitrogen and oxygen atoms in total. The van der Waals surface area contributed by atoms with Crippen molar-refractivity contribution >= 4 is 11.3 Å². The fourth-order valence-electron chi connectivity index (χ4n) is 1.25. The van der Waals surface area contributed by atoms with Crippen LogP contribution in [0.3, 0.4) is 0 Å². The number of thiophene rings is 1. The third kappa shape index (κ3) is 5.30. The quantitative estimate of drug-likeness (QED) is 0.723. The van der Waals surface area contributed by atoms with Crippen LogP contribution >= 0.6 is 11.3 Å². The van der Waals surface area contributed by atoms with Crippen molar-refractivity contribution < 1.29 is 4.74 Å². The van der Waals surface area contributed by atoms with E-state index in [1.54, 1.807) is 0 Å². The van der Waals surface area contributed by atoms with Crippen LogP contribution < -0.4 is 5.32 Å². The van der Waals surface area contributed by atoms with Gasteiger partial charge in [0.15, 0.2) is 0 Å². The van der Waals surface area contributed by atoms with E-state index in [-0.39, 0.29) is 0 Å². The molecular formula is C12H21NOS. The predicted molar refractivity (Wildman–Crippen MR) is 66.4 cm³/mol. The molecule has 0 aliphatic heterocycles. The maximum absolute atomic E-state index is 5.49. The number of aryl methyl sites for hydroxylation is 1. The smallest absolute Gasteiger partial charge is 0.0591 e. The lowest BCUT2D eigenvalue weighted by Gasteiger charge is -2.07. The highest BCUT2D eigenvalue weighted by Crippen LogP contribution is 2.14. The van der Waals surface area contributed by atoms with Gasteiger partial charge < -0.3 is 10.1 Å². The minimum atomic E-state index is 0.629. The van der Waals surface area contributed by atoms with Crippen molar-refractivity contribution in [3.8, 4) is 0 Å². The SMILES string of the molecule is Cc1ccsc1CNCCOCC(C)C. The minimum absolute atomic E-state index is 0.629. The first kappa shape index (κ1) is 12.7. The molecule has 0 spiro atoms. The van der Waals surface area contributed by atoms with Crippen LogP contribution in [0.25, 0.3) is 0 Å². The molecule has 0 aliphatic carbocycles. The Labute approximate surface area is 96.7 Å².